The first-order valence-corrected chi connectivity index (χ1v) is 10.6. The first kappa shape index (κ1) is 20.3. The van der Waals surface area contributed by atoms with Crippen molar-refractivity contribution in [1.82, 2.24) is 24.4 Å². The van der Waals surface area contributed by atoms with Gasteiger partial charge in [0.1, 0.15) is 5.82 Å². The Morgan fingerprint density at radius 1 is 1.25 bits per heavy atom. The number of aromatic nitrogens is 4. The number of β-amino-alcohol motifs (C(OH)–C–C–N with tert-alkyl or cyclic N) is 1. The lowest BCUT2D eigenvalue weighted by Crippen LogP contribution is -2.34. The van der Waals surface area contributed by atoms with Crippen LogP contribution in [0, 0.1) is 0 Å². The molecule has 9 nitrogen and oxygen atoms in total. The molecule has 1 aliphatic heterocycles. The number of aliphatic hydroxyl groups excluding tert-OH is 1. The van der Waals surface area contributed by atoms with Gasteiger partial charge in [-0.05, 0) is 36.8 Å². The Kier molecular flexibility index (Phi) is 5.20. The first-order valence-electron chi connectivity index (χ1n) is 10.2. The van der Waals surface area contributed by atoms with Crippen LogP contribution < -0.4 is 11.0 Å². The highest BCUT2D eigenvalue weighted by Gasteiger charge is 2.25. The van der Waals surface area contributed by atoms with Gasteiger partial charge in [-0.2, -0.15) is 0 Å². The van der Waals surface area contributed by atoms with Crippen LogP contribution in [0.3, 0.4) is 0 Å². The Hall–Kier alpha value is -3.56. The minimum absolute atomic E-state index is 0.00710. The molecule has 1 atom stereocenters. The first-order chi connectivity index (χ1) is 15.5. The lowest BCUT2D eigenvalue weighted by Gasteiger charge is -2.16. The second-order valence-corrected chi connectivity index (χ2v) is 8.17. The van der Waals surface area contributed by atoms with E-state index in [2.05, 4.69) is 20.3 Å². The number of hydrogen-bond acceptors (Lipinski definition) is 5. The summed E-state index contributed by atoms with van der Waals surface area (Å²) >= 11 is 6.07. The predicted octanol–water partition coefficient (Wildman–Crippen LogP) is 2.37. The predicted molar refractivity (Wildman–Crippen MR) is 122 cm³/mol. The number of imidazole rings is 2. The molecule has 4 N–H and O–H groups in total. The second-order valence-electron chi connectivity index (χ2n) is 7.74. The third kappa shape index (κ3) is 3.76. The summed E-state index contributed by atoms with van der Waals surface area (Å²) in [4.78, 5) is 37.3. The van der Waals surface area contributed by atoms with E-state index in [1.807, 2.05) is 30.3 Å². The van der Waals surface area contributed by atoms with Crippen molar-refractivity contribution in [2.24, 2.45) is 0 Å². The third-order valence-corrected chi connectivity index (χ3v) is 5.86. The molecule has 2 aromatic heterocycles. The van der Waals surface area contributed by atoms with Gasteiger partial charge in [0.15, 0.2) is 0 Å². The maximum absolute atomic E-state index is 13.0. The molecule has 0 spiro atoms. The minimum atomic E-state index is -0.484. The molecule has 4 aromatic rings. The number of H-pyrrole nitrogens is 2. The average Bonchev–Trinajstić information content (AvgIpc) is 3.50. The fraction of sp³-hybridized carbons (Fsp3) is 0.227. The molecular weight excluding hydrogens is 432 g/mol. The number of nitrogens with one attached hydrogen (secondary N) is 3. The smallest absolute Gasteiger partial charge is 0.332 e. The molecule has 2 aromatic carbocycles. The molecule has 5 rings (SSSR count). The summed E-state index contributed by atoms with van der Waals surface area (Å²) in [6.45, 7) is 0.840. The van der Waals surface area contributed by atoms with E-state index < -0.39 is 6.10 Å². The zero-order chi connectivity index (χ0) is 22.2. The standard InChI is InChI=1S/C22H21ClN6O3/c23-14-3-1-13(2-4-14)20-21(24-10-19(31)28-8-7-16(30)11-28)27-22(32)29(20)15-5-6-17-18(9-15)26-12-25-17/h1-6,9,12,16,24,30H,7-8,10-11H2,(H,25,26)(H,27,32). The van der Waals surface area contributed by atoms with Gasteiger partial charge in [0, 0.05) is 23.7 Å². The van der Waals surface area contributed by atoms with Gasteiger partial charge < -0.3 is 20.3 Å². The number of aliphatic hydroxyl groups is 1. The number of likely N-dealkylation sites (tertiary alicyclic amines) is 1. The number of halogens is 1. The van der Waals surface area contributed by atoms with Crippen molar-refractivity contribution < 1.29 is 9.90 Å². The number of nitrogens with zero attached hydrogens (tertiary/aromatic N) is 3. The highest BCUT2D eigenvalue weighted by atomic mass is 35.5. The van der Waals surface area contributed by atoms with E-state index in [0.717, 1.165) is 16.6 Å². The number of fused-ring (bicyclic) bond motifs is 1. The van der Waals surface area contributed by atoms with Crippen LogP contribution in [0.1, 0.15) is 6.42 Å². The summed E-state index contributed by atoms with van der Waals surface area (Å²) < 4.78 is 1.55. The van der Waals surface area contributed by atoms with E-state index >= 15 is 0 Å². The van der Waals surface area contributed by atoms with E-state index in [1.54, 1.807) is 27.9 Å². The third-order valence-electron chi connectivity index (χ3n) is 5.61. The maximum Gasteiger partial charge on any atom is 0.332 e. The highest BCUT2D eigenvalue weighted by molar-refractivity contribution is 6.30. The average molecular weight is 453 g/mol. The normalized spacial score (nSPS) is 16.1. The van der Waals surface area contributed by atoms with E-state index in [1.165, 1.54) is 0 Å². The Balaban J connectivity index is 1.54. The van der Waals surface area contributed by atoms with Crippen LogP contribution in [0.4, 0.5) is 5.82 Å². The molecule has 1 unspecified atom stereocenters. The van der Waals surface area contributed by atoms with Crippen LogP contribution in [-0.4, -0.2) is 61.2 Å². The van der Waals surface area contributed by atoms with Gasteiger partial charge in [-0.15, -0.1) is 0 Å². The number of hydrogen-bond donors (Lipinski definition) is 4. The summed E-state index contributed by atoms with van der Waals surface area (Å²) in [6, 6.07) is 12.6. The summed E-state index contributed by atoms with van der Waals surface area (Å²) in [6.07, 6.45) is 1.69. The molecule has 32 heavy (non-hydrogen) atoms. The molecule has 1 amide bonds. The maximum atomic E-state index is 13.0. The number of benzene rings is 2. The highest BCUT2D eigenvalue weighted by Crippen LogP contribution is 2.30. The van der Waals surface area contributed by atoms with E-state index in [-0.39, 0.29) is 18.1 Å². The number of anilines is 1. The molecule has 0 aliphatic carbocycles. The quantitative estimate of drug-likeness (QED) is 0.370. The molecule has 164 valence electrons. The molecule has 1 fully saturated rings. The number of carbonyl (C=O) groups is 1. The second kappa shape index (κ2) is 8.18. The molecule has 1 aliphatic rings. The van der Waals surface area contributed by atoms with Crippen LogP contribution in [0.15, 0.2) is 53.6 Å². The fourth-order valence-electron chi connectivity index (χ4n) is 4.00. The van der Waals surface area contributed by atoms with Gasteiger partial charge in [0.25, 0.3) is 0 Å². The topological polar surface area (TPSA) is 119 Å². The largest absolute Gasteiger partial charge is 0.391 e. The summed E-state index contributed by atoms with van der Waals surface area (Å²) in [5.41, 5.74) is 3.23. The summed E-state index contributed by atoms with van der Waals surface area (Å²) in [5, 5.41) is 13.3. The van der Waals surface area contributed by atoms with Crippen molar-refractivity contribution in [2.45, 2.75) is 12.5 Å². The van der Waals surface area contributed by atoms with Crippen LogP contribution in [0.5, 0.6) is 0 Å². The van der Waals surface area contributed by atoms with Gasteiger partial charge >= 0.3 is 5.69 Å². The van der Waals surface area contributed by atoms with Gasteiger partial charge in [-0.3, -0.25) is 14.3 Å². The van der Waals surface area contributed by atoms with Crippen LogP contribution in [-0.2, 0) is 4.79 Å². The van der Waals surface area contributed by atoms with Gasteiger partial charge in [0.05, 0.1) is 41.4 Å². The van der Waals surface area contributed by atoms with Crippen LogP contribution >= 0.6 is 11.6 Å². The van der Waals surface area contributed by atoms with Crippen molar-refractivity contribution in [2.75, 3.05) is 25.0 Å². The van der Waals surface area contributed by atoms with Crippen molar-refractivity contribution in [3.05, 3.63) is 64.3 Å². The number of aromatic amines is 2. The van der Waals surface area contributed by atoms with E-state index in [0.29, 0.717) is 41.7 Å². The molecule has 0 saturated carbocycles. The molecule has 1 saturated heterocycles. The fourth-order valence-corrected chi connectivity index (χ4v) is 4.12. The number of carbonyl (C=O) groups excluding carboxylic acids is 1. The van der Waals surface area contributed by atoms with Crippen LogP contribution in [0.2, 0.25) is 5.02 Å². The summed E-state index contributed by atoms with van der Waals surface area (Å²) in [7, 11) is 0. The van der Waals surface area contributed by atoms with Gasteiger partial charge in [-0.25, -0.2) is 9.78 Å². The zero-order valence-corrected chi connectivity index (χ0v) is 17.8. The van der Waals surface area contributed by atoms with Crippen molar-refractivity contribution in [3.63, 3.8) is 0 Å². The molecular formula is C22H21ClN6O3. The molecule has 0 bridgehead atoms. The lowest BCUT2D eigenvalue weighted by atomic mass is 10.1. The monoisotopic (exact) mass is 452 g/mol. The van der Waals surface area contributed by atoms with Crippen molar-refractivity contribution in [3.8, 4) is 16.9 Å². The van der Waals surface area contributed by atoms with Gasteiger partial charge in [0.2, 0.25) is 5.91 Å². The Morgan fingerprint density at radius 3 is 2.81 bits per heavy atom. The van der Waals surface area contributed by atoms with Crippen molar-refractivity contribution >= 4 is 34.4 Å². The van der Waals surface area contributed by atoms with Crippen LogP contribution in [0.25, 0.3) is 28.0 Å². The zero-order valence-electron chi connectivity index (χ0n) is 17.0. The Bertz CT molecular complexity index is 1340. The Morgan fingerprint density at radius 2 is 2.06 bits per heavy atom. The molecule has 0 radical (unpaired) electrons. The molecule has 3 heterocycles. The number of amides is 1. The number of rotatable bonds is 5. The SMILES string of the molecule is O=C(CNc1[nH]c(=O)n(-c2ccc3nc[nH]c3c2)c1-c1ccc(Cl)cc1)N1CCC(O)C1. The molecule has 10 heteroatoms. The Labute approximate surface area is 187 Å². The lowest BCUT2D eigenvalue weighted by molar-refractivity contribution is -0.128. The van der Waals surface area contributed by atoms with Gasteiger partial charge in [-0.1, -0.05) is 23.7 Å². The van der Waals surface area contributed by atoms with E-state index in [4.69, 9.17) is 11.6 Å². The minimum Gasteiger partial charge on any atom is -0.391 e. The summed E-state index contributed by atoms with van der Waals surface area (Å²) in [5.74, 6) is 0.284. The van der Waals surface area contributed by atoms with Crippen molar-refractivity contribution in [1.29, 1.82) is 0 Å². The van der Waals surface area contributed by atoms with E-state index in [9.17, 15) is 14.7 Å².